The number of nitrogens with one attached hydrogen (secondary N) is 1. The fraction of sp³-hybridized carbons (Fsp3) is 0.421. The van der Waals surface area contributed by atoms with Gasteiger partial charge in [-0.05, 0) is 25.0 Å². The first-order valence-corrected chi connectivity index (χ1v) is 9.32. The largest absolute Gasteiger partial charge is 0.459 e. The third-order valence-electron chi connectivity index (χ3n) is 4.58. The summed E-state index contributed by atoms with van der Waals surface area (Å²) >= 11 is 0. The van der Waals surface area contributed by atoms with Gasteiger partial charge in [0.2, 0.25) is 0 Å². The lowest BCUT2D eigenvalue weighted by molar-refractivity contribution is -0.135. The summed E-state index contributed by atoms with van der Waals surface area (Å²) in [5.41, 5.74) is -1.39. The van der Waals surface area contributed by atoms with Gasteiger partial charge in [0, 0.05) is 18.9 Å². The maximum Gasteiger partial charge on any atom is 0.338 e. The van der Waals surface area contributed by atoms with Crippen LogP contribution >= 0.6 is 0 Å². The van der Waals surface area contributed by atoms with Crippen LogP contribution in [0.3, 0.4) is 0 Å². The molecule has 1 aromatic heterocycles. The van der Waals surface area contributed by atoms with Gasteiger partial charge in [0.25, 0.3) is 5.56 Å². The molecule has 1 aliphatic heterocycles. The molecule has 3 rings (SSSR count). The molecule has 148 valence electrons. The molecule has 2 aromatic rings. The highest BCUT2D eigenvalue weighted by molar-refractivity contribution is 6.08. The molecule has 8 nitrogen and oxygen atoms in total. The fourth-order valence-corrected chi connectivity index (χ4v) is 3.15. The Morgan fingerprint density at radius 1 is 1.25 bits per heavy atom. The van der Waals surface area contributed by atoms with Crippen molar-refractivity contribution in [2.45, 2.75) is 31.0 Å². The van der Waals surface area contributed by atoms with Crippen LogP contribution in [0.2, 0.25) is 6.32 Å². The highest BCUT2D eigenvalue weighted by Gasteiger charge is 2.43. The summed E-state index contributed by atoms with van der Waals surface area (Å²) in [6.07, 6.45) is 2.78. The first kappa shape index (κ1) is 20.1. The first-order chi connectivity index (χ1) is 13.5. The van der Waals surface area contributed by atoms with Crippen LogP contribution in [0, 0.1) is 0 Å². The van der Waals surface area contributed by atoms with Crippen molar-refractivity contribution in [3.05, 3.63) is 69.0 Å². The number of aromatic nitrogens is 2. The summed E-state index contributed by atoms with van der Waals surface area (Å²) in [4.78, 5) is 37.9. The van der Waals surface area contributed by atoms with E-state index in [-0.39, 0.29) is 13.2 Å². The number of esters is 1. The predicted octanol–water partition coefficient (Wildman–Crippen LogP) is 0.509. The van der Waals surface area contributed by atoms with E-state index in [1.165, 1.54) is 16.8 Å². The van der Waals surface area contributed by atoms with E-state index >= 15 is 0 Å². The zero-order valence-electron chi connectivity index (χ0n) is 15.8. The topological polar surface area (TPSA) is 99.6 Å². The minimum atomic E-state index is -0.847. The van der Waals surface area contributed by atoms with Gasteiger partial charge < -0.3 is 14.2 Å². The van der Waals surface area contributed by atoms with E-state index in [9.17, 15) is 14.4 Å². The molecular weight excluding hydrogens is 363 g/mol. The van der Waals surface area contributed by atoms with E-state index in [0.717, 1.165) is 6.32 Å². The number of carbonyl (C=O) groups is 1. The lowest BCUT2D eigenvalue weighted by atomic mass is 10.0. The molecular formula is C19H23BN2O6. The summed E-state index contributed by atoms with van der Waals surface area (Å²) in [6, 6.07) is 9.99. The predicted molar refractivity (Wildman–Crippen MR) is 104 cm³/mol. The molecule has 0 aliphatic carbocycles. The third kappa shape index (κ3) is 4.79. The van der Waals surface area contributed by atoms with Gasteiger partial charge in [-0.15, -0.1) is 0 Å². The van der Waals surface area contributed by atoms with Gasteiger partial charge in [0.15, 0.2) is 0 Å². The second kappa shape index (κ2) is 9.03. The zero-order valence-corrected chi connectivity index (χ0v) is 15.8. The smallest absolute Gasteiger partial charge is 0.338 e. The van der Waals surface area contributed by atoms with Gasteiger partial charge in [-0.1, -0.05) is 24.5 Å². The van der Waals surface area contributed by atoms with Crippen molar-refractivity contribution in [3.63, 3.8) is 0 Å². The Labute approximate surface area is 162 Å². The van der Waals surface area contributed by atoms with Crippen LogP contribution in [0.15, 0.2) is 52.2 Å². The SMILES string of the molecule is BCCOCC1(COC(=O)c2ccccc2)CCC(n2ccc(=O)[nH]c2=O)O1. The second-order valence-corrected chi connectivity index (χ2v) is 6.81. The van der Waals surface area contributed by atoms with Gasteiger partial charge in [-0.25, -0.2) is 9.59 Å². The lowest BCUT2D eigenvalue weighted by Crippen LogP contribution is -2.41. The van der Waals surface area contributed by atoms with Crippen LogP contribution in [0.25, 0.3) is 0 Å². The van der Waals surface area contributed by atoms with E-state index in [4.69, 9.17) is 14.2 Å². The maximum atomic E-state index is 12.3. The number of hydrogen-bond acceptors (Lipinski definition) is 6. The molecule has 0 radical (unpaired) electrons. The van der Waals surface area contributed by atoms with E-state index in [1.807, 2.05) is 13.9 Å². The van der Waals surface area contributed by atoms with Crippen molar-refractivity contribution in [1.29, 1.82) is 0 Å². The molecule has 1 aromatic carbocycles. The number of H-pyrrole nitrogens is 1. The van der Waals surface area contributed by atoms with E-state index in [0.29, 0.717) is 25.0 Å². The van der Waals surface area contributed by atoms with E-state index in [1.54, 1.807) is 24.3 Å². The molecule has 1 saturated heterocycles. The molecule has 0 saturated carbocycles. The number of nitrogens with zero attached hydrogens (tertiary/aromatic N) is 1. The lowest BCUT2D eigenvalue weighted by Gasteiger charge is -2.29. The standard InChI is InChI=1S/C19H23BN2O6/c20-9-11-26-12-19(13-27-17(24)14-4-2-1-3-5-14)8-6-16(28-19)22-10-7-15(23)21-18(22)25/h1-5,7,10,16H,6,8-9,11-13,20H2,(H,21,23,25). The molecule has 1 aliphatic rings. The van der Waals surface area contributed by atoms with Gasteiger partial charge in [-0.3, -0.25) is 14.3 Å². The minimum absolute atomic E-state index is 0.0129. The summed E-state index contributed by atoms with van der Waals surface area (Å²) in [5.74, 6) is -0.441. The van der Waals surface area contributed by atoms with Gasteiger partial charge in [0.05, 0.1) is 12.2 Å². The van der Waals surface area contributed by atoms with Crippen LogP contribution in [0.5, 0.6) is 0 Å². The number of aromatic amines is 1. The first-order valence-electron chi connectivity index (χ1n) is 9.32. The van der Waals surface area contributed by atoms with Gasteiger partial charge >= 0.3 is 11.7 Å². The summed E-state index contributed by atoms with van der Waals surface area (Å²) < 4.78 is 18.6. The zero-order chi connectivity index (χ0) is 20.0. The Hall–Kier alpha value is -2.65. The average molecular weight is 386 g/mol. The average Bonchev–Trinajstić information content (AvgIpc) is 3.11. The molecule has 0 amide bonds. The number of carbonyl (C=O) groups excluding carboxylic acids is 1. The number of hydrogen-bond donors (Lipinski definition) is 1. The highest BCUT2D eigenvalue weighted by Crippen LogP contribution is 2.36. The van der Waals surface area contributed by atoms with Gasteiger partial charge in [0.1, 0.15) is 26.3 Å². The Morgan fingerprint density at radius 2 is 2.04 bits per heavy atom. The highest BCUT2D eigenvalue weighted by atomic mass is 16.6. The summed E-state index contributed by atoms with van der Waals surface area (Å²) in [6.45, 7) is 0.817. The summed E-state index contributed by atoms with van der Waals surface area (Å²) in [7, 11) is 2.00. The van der Waals surface area contributed by atoms with Crippen LogP contribution in [-0.2, 0) is 14.2 Å². The summed E-state index contributed by atoms with van der Waals surface area (Å²) in [5, 5.41) is 0. The van der Waals surface area contributed by atoms with Crippen molar-refractivity contribution in [2.24, 2.45) is 0 Å². The van der Waals surface area contributed by atoms with Crippen molar-refractivity contribution in [3.8, 4) is 0 Å². The molecule has 2 atom stereocenters. The quantitative estimate of drug-likeness (QED) is 0.403. The fourth-order valence-electron chi connectivity index (χ4n) is 3.15. The van der Waals surface area contributed by atoms with Crippen molar-refractivity contribution in [1.82, 2.24) is 9.55 Å². The molecule has 2 unspecified atom stereocenters. The Balaban J connectivity index is 1.72. The molecule has 9 heteroatoms. The molecule has 0 bridgehead atoms. The van der Waals surface area contributed by atoms with E-state index < -0.39 is 29.0 Å². The Kier molecular flexibility index (Phi) is 6.48. The number of rotatable bonds is 8. The molecule has 2 heterocycles. The molecule has 0 spiro atoms. The van der Waals surface area contributed by atoms with E-state index in [2.05, 4.69) is 4.98 Å². The van der Waals surface area contributed by atoms with Crippen LogP contribution in [0.4, 0.5) is 0 Å². The van der Waals surface area contributed by atoms with Crippen molar-refractivity contribution < 1.29 is 19.0 Å². The third-order valence-corrected chi connectivity index (χ3v) is 4.58. The molecule has 28 heavy (non-hydrogen) atoms. The Bertz CT molecular complexity index is 912. The monoisotopic (exact) mass is 386 g/mol. The Morgan fingerprint density at radius 3 is 2.75 bits per heavy atom. The van der Waals surface area contributed by atoms with Crippen molar-refractivity contribution >= 4 is 13.8 Å². The molecule has 1 fully saturated rings. The maximum absolute atomic E-state index is 12.3. The molecule has 1 N–H and O–H groups in total. The van der Waals surface area contributed by atoms with Crippen molar-refractivity contribution in [2.75, 3.05) is 19.8 Å². The van der Waals surface area contributed by atoms with Crippen LogP contribution in [-0.4, -0.2) is 48.8 Å². The normalized spacial score (nSPS) is 21.5. The van der Waals surface area contributed by atoms with Gasteiger partial charge in [-0.2, -0.15) is 0 Å². The van der Waals surface area contributed by atoms with Crippen LogP contribution in [0.1, 0.15) is 29.4 Å². The van der Waals surface area contributed by atoms with Crippen LogP contribution < -0.4 is 11.2 Å². The number of benzene rings is 1. The minimum Gasteiger partial charge on any atom is -0.459 e. The number of ether oxygens (including phenoxy) is 3. The second-order valence-electron chi connectivity index (χ2n) is 6.81.